The molecule has 0 aliphatic rings. The Morgan fingerprint density at radius 1 is 0.667 bits per heavy atom. The van der Waals surface area contributed by atoms with E-state index < -0.39 is 42.4 Å². The molecule has 1 N–H and O–H groups in total. The summed E-state index contributed by atoms with van der Waals surface area (Å²) in [5, 5.41) is 8.95. The lowest BCUT2D eigenvalue weighted by atomic mass is 9.92. The van der Waals surface area contributed by atoms with E-state index in [4.69, 9.17) is 5.11 Å². The lowest BCUT2D eigenvalue weighted by Gasteiger charge is -2.38. The van der Waals surface area contributed by atoms with Crippen molar-refractivity contribution in [3.8, 4) is 0 Å². The fraction of sp³-hybridized carbons (Fsp3) is 1.00. The van der Waals surface area contributed by atoms with Crippen LogP contribution in [-0.2, 0) is 0 Å². The summed E-state index contributed by atoms with van der Waals surface area (Å²) in [4.78, 5) is 0. The number of aliphatic hydroxyl groups is 1. The van der Waals surface area contributed by atoms with Crippen molar-refractivity contribution < 1.29 is 53.4 Å². The van der Waals surface area contributed by atoms with Crippen molar-refractivity contribution in [2.24, 2.45) is 0 Å². The lowest BCUT2D eigenvalue weighted by molar-refractivity contribution is -0.428. The highest BCUT2D eigenvalue weighted by Gasteiger charge is 2.87. The van der Waals surface area contributed by atoms with E-state index in [1.54, 1.807) is 6.92 Å². The number of rotatable bonds is 9. The van der Waals surface area contributed by atoms with Gasteiger partial charge >= 0.3 is 29.9 Å². The fourth-order valence-electron chi connectivity index (χ4n) is 1.74. The third-order valence-corrected chi connectivity index (χ3v) is 3.31. The molecule has 0 bridgehead atoms. The molecular formula is C12H15F11O. The Hall–Kier alpha value is -0.810. The molecule has 146 valence electrons. The van der Waals surface area contributed by atoms with Gasteiger partial charge in [0.15, 0.2) is 0 Å². The maximum absolute atomic E-state index is 13.3. The van der Waals surface area contributed by atoms with Crippen molar-refractivity contribution in [1.29, 1.82) is 0 Å². The minimum Gasteiger partial charge on any atom is -0.387 e. The van der Waals surface area contributed by atoms with Crippen LogP contribution in [0.5, 0.6) is 0 Å². The molecule has 0 radical (unpaired) electrons. The number of hydrogen-bond acceptors (Lipinski definition) is 1. The van der Waals surface area contributed by atoms with Crippen molar-refractivity contribution in [2.75, 3.05) is 0 Å². The quantitative estimate of drug-likeness (QED) is 0.416. The van der Waals surface area contributed by atoms with Crippen LogP contribution in [0.25, 0.3) is 0 Å². The molecule has 0 heterocycles. The average molecular weight is 384 g/mol. The first-order valence-corrected chi connectivity index (χ1v) is 6.74. The highest BCUT2D eigenvalue weighted by molar-refractivity contribution is 5.08. The van der Waals surface area contributed by atoms with Gasteiger partial charge in [0.05, 0.1) is 0 Å². The molecule has 0 rings (SSSR count). The van der Waals surface area contributed by atoms with Gasteiger partial charge in [-0.25, -0.2) is 0 Å². The van der Waals surface area contributed by atoms with Crippen LogP contribution in [-0.4, -0.2) is 41.1 Å². The molecule has 1 unspecified atom stereocenters. The second-order valence-corrected chi connectivity index (χ2v) is 5.21. The highest BCUT2D eigenvalue weighted by atomic mass is 19.4. The van der Waals surface area contributed by atoms with Gasteiger partial charge in [0.2, 0.25) is 0 Å². The Bertz CT molecular complexity index is 402. The minimum atomic E-state index is -7.47. The molecule has 0 spiro atoms. The number of hydrogen-bond donors (Lipinski definition) is 1. The van der Waals surface area contributed by atoms with E-state index in [1.165, 1.54) is 0 Å². The third kappa shape index (κ3) is 3.88. The van der Waals surface area contributed by atoms with Crippen LogP contribution >= 0.6 is 0 Å². The van der Waals surface area contributed by atoms with E-state index in [-0.39, 0.29) is 12.8 Å². The van der Waals surface area contributed by atoms with E-state index in [0.29, 0.717) is 12.8 Å². The van der Waals surface area contributed by atoms with E-state index in [2.05, 4.69) is 0 Å². The zero-order valence-corrected chi connectivity index (χ0v) is 12.2. The van der Waals surface area contributed by atoms with Crippen LogP contribution in [0.4, 0.5) is 48.3 Å². The zero-order valence-electron chi connectivity index (χ0n) is 12.2. The molecule has 0 saturated heterocycles. The van der Waals surface area contributed by atoms with Crippen LogP contribution in [0.3, 0.4) is 0 Å². The Kier molecular flexibility index (Phi) is 6.96. The van der Waals surface area contributed by atoms with E-state index in [1.807, 2.05) is 0 Å². The molecule has 0 aromatic rings. The van der Waals surface area contributed by atoms with E-state index >= 15 is 0 Å². The second kappa shape index (κ2) is 7.20. The smallest absolute Gasteiger partial charge is 0.387 e. The van der Waals surface area contributed by atoms with Crippen LogP contribution in [0.1, 0.15) is 39.0 Å². The zero-order chi connectivity index (χ0) is 19.6. The van der Waals surface area contributed by atoms with Gasteiger partial charge in [-0.15, -0.1) is 0 Å². The molecule has 0 aromatic heterocycles. The van der Waals surface area contributed by atoms with Gasteiger partial charge in [-0.05, 0) is 6.42 Å². The first-order chi connectivity index (χ1) is 10.5. The first-order valence-electron chi connectivity index (χ1n) is 6.74. The minimum absolute atomic E-state index is 0.143. The molecule has 12 heteroatoms. The highest BCUT2D eigenvalue weighted by Crippen LogP contribution is 2.58. The number of aliphatic hydroxyl groups excluding tert-OH is 1. The van der Waals surface area contributed by atoms with Crippen molar-refractivity contribution in [3.05, 3.63) is 0 Å². The summed E-state index contributed by atoms with van der Waals surface area (Å²) in [5.74, 6) is -28.2. The molecule has 1 nitrogen and oxygen atoms in total. The number of alkyl halides is 11. The van der Waals surface area contributed by atoms with Crippen LogP contribution in [0.2, 0.25) is 0 Å². The fourth-order valence-corrected chi connectivity index (χ4v) is 1.74. The number of unbranched alkanes of at least 4 members (excludes halogenated alkanes) is 3. The predicted molar refractivity (Wildman–Crippen MR) is 60.6 cm³/mol. The molecule has 0 fully saturated rings. The SMILES string of the molecule is CCCCCCC(O)C(F)(F)C(F)(F)C(F)(F)C(F)(F)C(F)(F)F. The first kappa shape index (κ1) is 23.2. The largest absolute Gasteiger partial charge is 0.460 e. The summed E-state index contributed by atoms with van der Waals surface area (Å²) in [6.07, 6.45) is -11.1. The molecule has 0 aliphatic carbocycles. The van der Waals surface area contributed by atoms with Crippen LogP contribution in [0.15, 0.2) is 0 Å². The van der Waals surface area contributed by atoms with Crippen molar-refractivity contribution >= 4 is 0 Å². The van der Waals surface area contributed by atoms with Gasteiger partial charge in [0, 0.05) is 0 Å². The molecule has 0 aliphatic heterocycles. The standard InChI is InChI=1S/C12H15F11O/c1-2-3-4-5-6-7(24)8(13,14)9(15,16)10(17,18)11(19,20)12(21,22)23/h7,24H,2-6H2,1H3. The molecule has 0 aromatic carbocycles. The Morgan fingerprint density at radius 3 is 1.50 bits per heavy atom. The Morgan fingerprint density at radius 2 is 1.12 bits per heavy atom. The van der Waals surface area contributed by atoms with Crippen molar-refractivity contribution in [3.63, 3.8) is 0 Å². The summed E-state index contributed by atoms with van der Waals surface area (Å²) in [6, 6.07) is 0. The van der Waals surface area contributed by atoms with Gasteiger partial charge in [0.1, 0.15) is 6.10 Å². The predicted octanol–water partition coefficient (Wildman–Crippen LogP) is 5.42. The van der Waals surface area contributed by atoms with Crippen molar-refractivity contribution in [1.82, 2.24) is 0 Å². The summed E-state index contributed by atoms with van der Waals surface area (Å²) >= 11 is 0. The molecule has 24 heavy (non-hydrogen) atoms. The van der Waals surface area contributed by atoms with Gasteiger partial charge in [-0.1, -0.05) is 32.6 Å². The van der Waals surface area contributed by atoms with Gasteiger partial charge < -0.3 is 5.11 Å². The van der Waals surface area contributed by atoms with E-state index in [0.717, 1.165) is 0 Å². The summed E-state index contributed by atoms with van der Waals surface area (Å²) in [7, 11) is 0. The Balaban J connectivity index is 5.52. The van der Waals surface area contributed by atoms with Gasteiger partial charge in [0.25, 0.3) is 0 Å². The third-order valence-electron chi connectivity index (χ3n) is 3.31. The van der Waals surface area contributed by atoms with Crippen LogP contribution in [0, 0.1) is 0 Å². The molecule has 0 amide bonds. The maximum atomic E-state index is 13.3. The van der Waals surface area contributed by atoms with Gasteiger partial charge in [-0.2, -0.15) is 48.3 Å². The normalized spacial score (nSPS) is 16.4. The average Bonchev–Trinajstić information content (AvgIpc) is 2.41. The summed E-state index contributed by atoms with van der Waals surface area (Å²) in [6.45, 7) is 1.68. The van der Waals surface area contributed by atoms with Crippen molar-refractivity contribution in [2.45, 2.75) is 75.0 Å². The summed E-state index contributed by atoms with van der Waals surface area (Å²) < 4.78 is 140. The maximum Gasteiger partial charge on any atom is 0.460 e. The molecule has 1 atom stereocenters. The molecular weight excluding hydrogens is 369 g/mol. The van der Waals surface area contributed by atoms with Gasteiger partial charge in [-0.3, -0.25) is 0 Å². The van der Waals surface area contributed by atoms with Crippen LogP contribution < -0.4 is 0 Å². The second-order valence-electron chi connectivity index (χ2n) is 5.21. The van der Waals surface area contributed by atoms with E-state index in [9.17, 15) is 48.3 Å². The number of halogens is 11. The topological polar surface area (TPSA) is 20.2 Å². The Labute approximate surface area is 129 Å². The lowest BCUT2D eigenvalue weighted by Crippen LogP contribution is -2.68. The summed E-state index contributed by atoms with van der Waals surface area (Å²) in [5.41, 5.74) is 0. The molecule has 0 saturated carbocycles. The monoisotopic (exact) mass is 384 g/mol.